The first-order valence-electron chi connectivity index (χ1n) is 7.33. The van der Waals surface area contributed by atoms with Crippen LogP contribution in [0, 0.1) is 23.2 Å². The molecule has 3 atom stereocenters. The second-order valence-corrected chi connectivity index (χ2v) is 5.84. The van der Waals surface area contributed by atoms with Crippen molar-refractivity contribution in [2.45, 2.75) is 50.6 Å². The SMILES string of the molecule is N#C[C@H](C[C@@H]1CCCNC1=O)NC(=O)C(N)CC1CC1. The molecular weight excluding hydrogens is 256 g/mol. The number of nitrogens with two attached hydrogens (primary N) is 1. The van der Waals surface area contributed by atoms with Crippen LogP contribution in [0.2, 0.25) is 0 Å². The van der Waals surface area contributed by atoms with Crippen LogP contribution in [0.25, 0.3) is 0 Å². The zero-order chi connectivity index (χ0) is 14.5. The zero-order valence-corrected chi connectivity index (χ0v) is 11.6. The molecule has 1 aliphatic heterocycles. The molecule has 6 nitrogen and oxygen atoms in total. The van der Waals surface area contributed by atoms with Gasteiger partial charge in [0.2, 0.25) is 11.8 Å². The maximum atomic E-state index is 11.9. The minimum absolute atomic E-state index is 0.0203. The molecule has 0 aromatic rings. The van der Waals surface area contributed by atoms with Gasteiger partial charge in [0.25, 0.3) is 0 Å². The number of nitrogens with zero attached hydrogens (tertiary/aromatic N) is 1. The van der Waals surface area contributed by atoms with Gasteiger partial charge in [0.05, 0.1) is 12.1 Å². The first-order chi connectivity index (χ1) is 9.60. The van der Waals surface area contributed by atoms with Crippen LogP contribution in [-0.4, -0.2) is 30.4 Å². The Morgan fingerprint density at radius 3 is 2.80 bits per heavy atom. The van der Waals surface area contributed by atoms with E-state index in [9.17, 15) is 9.59 Å². The van der Waals surface area contributed by atoms with Crippen molar-refractivity contribution in [3.8, 4) is 6.07 Å². The predicted molar refractivity (Wildman–Crippen MR) is 73.2 cm³/mol. The molecule has 110 valence electrons. The molecule has 1 saturated carbocycles. The number of carbonyl (C=O) groups is 2. The van der Waals surface area contributed by atoms with Crippen molar-refractivity contribution in [1.82, 2.24) is 10.6 Å². The van der Waals surface area contributed by atoms with Crippen LogP contribution in [0.15, 0.2) is 0 Å². The molecule has 0 aromatic carbocycles. The number of amides is 2. The minimum atomic E-state index is -0.637. The number of nitriles is 1. The van der Waals surface area contributed by atoms with Gasteiger partial charge in [0.15, 0.2) is 0 Å². The molecule has 1 saturated heterocycles. The summed E-state index contributed by atoms with van der Waals surface area (Å²) in [5.74, 6) is 0.0847. The third-order valence-electron chi connectivity index (χ3n) is 4.01. The molecule has 2 amide bonds. The van der Waals surface area contributed by atoms with Crippen LogP contribution < -0.4 is 16.4 Å². The highest BCUT2D eigenvalue weighted by molar-refractivity contribution is 5.82. The molecule has 1 heterocycles. The second kappa shape index (κ2) is 6.71. The van der Waals surface area contributed by atoms with Crippen molar-refractivity contribution >= 4 is 11.8 Å². The fourth-order valence-electron chi connectivity index (χ4n) is 2.59. The molecule has 4 N–H and O–H groups in total. The van der Waals surface area contributed by atoms with Gasteiger partial charge in [-0.1, -0.05) is 12.8 Å². The summed E-state index contributed by atoms with van der Waals surface area (Å²) >= 11 is 0. The number of hydrogen-bond donors (Lipinski definition) is 3. The first-order valence-corrected chi connectivity index (χ1v) is 7.33. The quantitative estimate of drug-likeness (QED) is 0.637. The number of nitrogens with one attached hydrogen (secondary N) is 2. The second-order valence-electron chi connectivity index (χ2n) is 5.84. The molecule has 0 radical (unpaired) electrons. The van der Waals surface area contributed by atoms with E-state index in [1.165, 1.54) is 0 Å². The highest BCUT2D eigenvalue weighted by atomic mass is 16.2. The molecule has 1 aliphatic carbocycles. The van der Waals surface area contributed by atoms with Crippen molar-refractivity contribution in [2.75, 3.05) is 6.54 Å². The lowest BCUT2D eigenvalue weighted by Crippen LogP contribution is -2.47. The Labute approximate surface area is 119 Å². The molecular formula is C14H22N4O2. The average molecular weight is 278 g/mol. The summed E-state index contributed by atoms with van der Waals surface area (Å²) in [5.41, 5.74) is 5.82. The molecule has 1 unspecified atom stereocenters. The van der Waals surface area contributed by atoms with Gasteiger partial charge in [-0.25, -0.2) is 0 Å². The van der Waals surface area contributed by atoms with Gasteiger partial charge in [-0.15, -0.1) is 0 Å². The normalized spacial score (nSPS) is 25.2. The predicted octanol–water partition coefficient (Wildman–Crippen LogP) is 0.0385. The van der Waals surface area contributed by atoms with E-state index in [-0.39, 0.29) is 17.7 Å². The number of piperidine rings is 1. The molecule has 20 heavy (non-hydrogen) atoms. The summed E-state index contributed by atoms with van der Waals surface area (Å²) < 4.78 is 0. The largest absolute Gasteiger partial charge is 0.356 e. The van der Waals surface area contributed by atoms with Gasteiger partial charge in [0, 0.05) is 12.5 Å². The third kappa shape index (κ3) is 4.20. The topological polar surface area (TPSA) is 108 Å². The van der Waals surface area contributed by atoms with E-state index in [0.717, 1.165) is 25.7 Å². The van der Waals surface area contributed by atoms with E-state index in [1.54, 1.807) is 0 Å². The van der Waals surface area contributed by atoms with Crippen molar-refractivity contribution in [1.29, 1.82) is 5.26 Å². The summed E-state index contributed by atoms with van der Waals surface area (Å²) in [6, 6.07) is 0.877. The van der Waals surface area contributed by atoms with Crippen LogP contribution in [0.1, 0.15) is 38.5 Å². The van der Waals surface area contributed by atoms with Crippen LogP contribution in [0.5, 0.6) is 0 Å². The molecule has 0 spiro atoms. The van der Waals surface area contributed by atoms with Gasteiger partial charge in [-0.05, 0) is 31.6 Å². The average Bonchev–Trinajstić information content (AvgIpc) is 3.24. The monoisotopic (exact) mass is 278 g/mol. The maximum Gasteiger partial charge on any atom is 0.237 e. The first kappa shape index (κ1) is 14.8. The Hall–Kier alpha value is -1.61. The van der Waals surface area contributed by atoms with Gasteiger partial charge in [0.1, 0.15) is 6.04 Å². The van der Waals surface area contributed by atoms with Gasteiger partial charge in [-0.3, -0.25) is 9.59 Å². The Morgan fingerprint density at radius 2 is 2.20 bits per heavy atom. The van der Waals surface area contributed by atoms with Crippen molar-refractivity contribution < 1.29 is 9.59 Å². The van der Waals surface area contributed by atoms with Crippen LogP contribution in [0.3, 0.4) is 0 Å². The summed E-state index contributed by atoms with van der Waals surface area (Å²) in [4.78, 5) is 23.6. The standard InChI is InChI=1S/C14H22N4O2/c15-8-11(7-10-2-1-5-17-13(10)19)18-14(20)12(16)6-9-3-4-9/h9-12H,1-7,16H2,(H,17,19)(H,18,20)/t10-,11-,12?/m0/s1. The molecule has 0 aromatic heterocycles. The Kier molecular flexibility index (Phi) is 4.96. The van der Waals surface area contributed by atoms with Gasteiger partial charge >= 0.3 is 0 Å². The number of hydrogen-bond acceptors (Lipinski definition) is 4. The van der Waals surface area contributed by atoms with Crippen LogP contribution >= 0.6 is 0 Å². The minimum Gasteiger partial charge on any atom is -0.356 e. The van der Waals surface area contributed by atoms with E-state index >= 15 is 0 Å². The van der Waals surface area contributed by atoms with Crippen LogP contribution in [0.4, 0.5) is 0 Å². The Bertz CT molecular complexity index is 414. The lowest BCUT2D eigenvalue weighted by Gasteiger charge is -2.24. The van der Waals surface area contributed by atoms with Crippen molar-refractivity contribution in [3.63, 3.8) is 0 Å². The number of carbonyl (C=O) groups excluding carboxylic acids is 2. The van der Waals surface area contributed by atoms with E-state index < -0.39 is 12.1 Å². The Morgan fingerprint density at radius 1 is 1.45 bits per heavy atom. The van der Waals surface area contributed by atoms with Crippen molar-refractivity contribution in [3.05, 3.63) is 0 Å². The number of rotatable bonds is 6. The summed E-state index contributed by atoms with van der Waals surface area (Å²) in [6.45, 7) is 0.700. The van der Waals surface area contributed by atoms with E-state index in [1.807, 2.05) is 0 Å². The van der Waals surface area contributed by atoms with E-state index in [2.05, 4.69) is 16.7 Å². The Balaban J connectivity index is 1.80. The summed E-state index contributed by atoms with van der Waals surface area (Å²) in [6.07, 6.45) is 5.03. The molecule has 6 heteroatoms. The van der Waals surface area contributed by atoms with Crippen LogP contribution in [-0.2, 0) is 9.59 Å². The lowest BCUT2D eigenvalue weighted by atomic mass is 9.92. The molecule has 2 aliphatic rings. The highest BCUT2D eigenvalue weighted by Gasteiger charge is 2.30. The van der Waals surface area contributed by atoms with E-state index in [4.69, 9.17) is 11.0 Å². The lowest BCUT2D eigenvalue weighted by molar-refractivity contribution is -0.128. The third-order valence-corrected chi connectivity index (χ3v) is 4.01. The fourth-order valence-corrected chi connectivity index (χ4v) is 2.59. The zero-order valence-electron chi connectivity index (χ0n) is 11.6. The smallest absolute Gasteiger partial charge is 0.237 e. The van der Waals surface area contributed by atoms with Gasteiger partial charge < -0.3 is 16.4 Å². The van der Waals surface area contributed by atoms with Crippen molar-refractivity contribution in [2.24, 2.45) is 17.6 Å². The summed E-state index contributed by atoms with van der Waals surface area (Å²) in [5, 5.41) is 14.6. The molecule has 2 rings (SSSR count). The summed E-state index contributed by atoms with van der Waals surface area (Å²) in [7, 11) is 0. The molecule has 0 bridgehead atoms. The fraction of sp³-hybridized carbons (Fsp3) is 0.786. The van der Waals surface area contributed by atoms with Gasteiger partial charge in [-0.2, -0.15) is 5.26 Å². The molecule has 2 fully saturated rings. The highest BCUT2D eigenvalue weighted by Crippen LogP contribution is 2.33. The van der Waals surface area contributed by atoms with E-state index in [0.29, 0.717) is 25.3 Å². The maximum absolute atomic E-state index is 11.9.